The molecule has 2 aromatic rings. The quantitative estimate of drug-likeness (QED) is 0.555. The van der Waals surface area contributed by atoms with Crippen molar-refractivity contribution >= 4 is 35.0 Å². The number of hydrogen-bond acceptors (Lipinski definition) is 4. The summed E-state index contributed by atoms with van der Waals surface area (Å²) < 4.78 is 0. The summed E-state index contributed by atoms with van der Waals surface area (Å²) in [5.41, 5.74) is 3.63. The van der Waals surface area contributed by atoms with Gasteiger partial charge in [0.25, 0.3) is 0 Å². The van der Waals surface area contributed by atoms with Gasteiger partial charge < -0.3 is 5.32 Å². The maximum absolute atomic E-state index is 12.8. The van der Waals surface area contributed by atoms with Crippen molar-refractivity contribution in [3.8, 4) is 6.07 Å². The molecule has 1 aliphatic rings. The number of nitrogens with zero attached hydrogens (tertiary/aromatic N) is 2. The molecule has 1 amide bonds. The average molecular weight is 442 g/mol. The Balaban J connectivity index is 1.81. The SMILES string of the molecule is CCC(Sc1nc2c(cc1C#N)CC(C(C)(C)C)CC2)C(=O)Nc1ccccc1Cl. The van der Waals surface area contributed by atoms with Gasteiger partial charge in [-0.1, -0.05) is 63.2 Å². The number of anilines is 1. The molecule has 30 heavy (non-hydrogen) atoms. The lowest BCUT2D eigenvalue weighted by molar-refractivity contribution is -0.115. The Morgan fingerprint density at radius 3 is 2.77 bits per heavy atom. The summed E-state index contributed by atoms with van der Waals surface area (Å²) in [4.78, 5) is 17.7. The fourth-order valence-corrected chi connectivity index (χ4v) is 4.97. The largest absolute Gasteiger partial charge is 0.324 e. The molecule has 0 saturated heterocycles. The summed E-state index contributed by atoms with van der Waals surface area (Å²) >= 11 is 7.53. The van der Waals surface area contributed by atoms with Crippen molar-refractivity contribution in [3.63, 3.8) is 0 Å². The van der Waals surface area contributed by atoms with Crippen molar-refractivity contribution in [2.24, 2.45) is 11.3 Å². The van der Waals surface area contributed by atoms with Crippen LogP contribution in [0, 0.1) is 22.7 Å². The van der Waals surface area contributed by atoms with Crippen LogP contribution in [0.5, 0.6) is 0 Å². The summed E-state index contributed by atoms with van der Waals surface area (Å²) in [5.74, 6) is 0.452. The van der Waals surface area contributed by atoms with Crippen LogP contribution in [-0.4, -0.2) is 16.1 Å². The van der Waals surface area contributed by atoms with Gasteiger partial charge in [0.1, 0.15) is 11.1 Å². The molecular weight excluding hydrogens is 414 g/mol. The molecular formula is C24H28ClN3OS. The molecule has 3 rings (SSSR count). The van der Waals surface area contributed by atoms with E-state index >= 15 is 0 Å². The first kappa shape index (κ1) is 22.7. The van der Waals surface area contributed by atoms with Crippen LogP contribution in [0.4, 0.5) is 5.69 Å². The highest BCUT2D eigenvalue weighted by molar-refractivity contribution is 8.00. The Kier molecular flexibility index (Phi) is 7.10. The van der Waals surface area contributed by atoms with Crippen LogP contribution >= 0.6 is 23.4 Å². The average Bonchev–Trinajstić information content (AvgIpc) is 2.71. The van der Waals surface area contributed by atoms with Gasteiger partial charge in [0.15, 0.2) is 0 Å². The number of aryl methyl sites for hydroxylation is 1. The van der Waals surface area contributed by atoms with Gasteiger partial charge in [-0.3, -0.25) is 4.79 Å². The number of aromatic nitrogens is 1. The second-order valence-corrected chi connectivity index (χ2v) is 10.4. The Hall–Kier alpha value is -2.03. The van der Waals surface area contributed by atoms with Gasteiger partial charge in [-0.05, 0) is 60.8 Å². The van der Waals surface area contributed by atoms with Crippen LogP contribution in [0.1, 0.15) is 57.4 Å². The number of carbonyl (C=O) groups is 1. The molecule has 1 heterocycles. The normalized spacial score (nSPS) is 17.0. The highest BCUT2D eigenvalue weighted by Crippen LogP contribution is 2.38. The summed E-state index contributed by atoms with van der Waals surface area (Å²) in [7, 11) is 0. The number of pyridine rings is 1. The van der Waals surface area contributed by atoms with Gasteiger partial charge >= 0.3 is 0 Å². The molecule has 158 valence electrons. The maximum atomic E-state index is 12.8. The van der Waals surface area contributed by atoms with Gasteiger partial charge in [-0.25, -0.2) is 4.98 Å². The first-order valence-electron chi connectivity index (χ1n) is 10.4. The predicted molar refractivity (Wildman–Crippen MR) is 124 cm³/mol. The van der Waals surface area contributed by atoms with E-state index < -0.39 is 0 Å². The Morgan fingerprint density at radius 1 is 1.40 bits per heavy atom. The number of rotatable bonds is 5. The molecule has 0 radical (unpaired) electrons. The summed E-state index contributed by atoms with van der Waals surface area (Å²) in [6.07, 6.45) is 3.59. The molecule has 6 heteroatoms. The maximum Gasteiger partial charge on any atom is 0.237 e. The molecule has 0 fully saturated rings. The van der Waals surface area contributed by atoms with E-state index in [9.17, 15) is 10.1 Å². The molecule has 2 unspecified atom stereocenters. The summed E-state index contributed by atoms with van der Waals surface area (Å²) in [5, 5.41) is 13.4. The van der Waals surface area contributed by atoms with E-state index in [1.54, 1.807) is 12.1 Å². The minimum absolute atomic E-state index is 0.133. The van der Waals surface area contributed by atoms with Gasteiger partial charge in [0.05, 0.1) is 21.5 Å². The van der Waals surface area contributed by atoms with Crippen molar-refractivity contribution in [1.29, 1.82) is 5.26 Å². The molecule has 1 N–H and O–H groups in total. The van der Waals surface area contributed by atoms with E-state index in [0.29, 0.717) is 33.6 Å². The minimum Gasteiger partial charge on any atom is -0.324 e. The highest BCUT2D eigenvalue weighted by Gasteiger charge is 2.30. The van der Waals surface area contributed by atoms with Crippen molar-refractivity contribution in [1.82, 2.24) is 4.98 Å². The van der Waals surface area contributed by atoms with Gasteiger partial charge in [0, 0.05) is 5.69 Å². The number of nitrogens with one attached hydrogen (secondary N) is 1. The Labute approximate surface area is 188 Å². The van der Waals surface area contributed by atoms with Crippen LogP contribution in [0.25, 0.3) is 0 Å². The van der Waals surface area contributed by atoms with Crippen molar-refractivity contribution < 1.29 is 4.79 Å². The van der Waals surface area contributed by atoms with E-state index in [-0.39, 0.29) is 16.6 Å². The number of fused-ring (bicyclic) bond motifs is 1. The third-order valence-electron chi connectivity index (χ3n) is 5.75. The lowest BCUT2D eigenvalue weighted by Crippen LogP contribution is -2.28. The Bertz CT molecular complexity index is 977. The zero-order valence-electron chi connectivity index (χ0n) is 18.0. The number of amides is 1. The summed E-state index contributed by atoms with van der Waals surface area (Å²) in [6, 6.07) is 11.5. The number of benzene rings is 1. The molecule has 1 aromatic heterocycles. The van der Waals surface area contributed by atoms with Crippen LogP contribution in [0.3, 0.4) is 0 Å². The zero-order chi connectivity index (χ0) is 21.9. The second-order valence-electron chi connectivity index (χ2n) is 8.85. The number of halogens is 1. The monoisotopic (exact) mass is 441 g/mol. The zero-order valence-corrected chi connectivity index (χ0v) is 19.5. The molecule has 0 aliphatic heterocycles. The molecule has 4 nitrogen and oxygen atoms in total. The van der Waals surface area contributed by atoms with Crippen molar-refractivity contribution in [3.05, 3.63) is 52.2 Å². The lowest BCUT2D eigenvalue weighted by atomic mass is 9.71. The van der Waals surface area contributed by atoms with E-state index in [2.05, 4.69) is 32.2 Å². The van der Waals surface area contributed by atoms with Crippen LogP contribution in [0.2, 0.25) is 5.02 Å². The molecule has 0 spiro atoms. The number of thioether (sulfide) groups is 1. The number of para-hydroxylation sites is 1. The third kappa shape index (κ3) is 5.17. The van der Waals surface area contributed by atoms with Crippen molar-refractivity contribution in [2.45, 2.75) is 63.7 Å². The smallest absolute Gasteiger partial charge is 0.237 e. The molecule has 2 atom stereocenters. The van der Waals surface area contributed by atoms with Crippen LogP contribution < -0.4 is 5.32 Å². The number of nitriles is 1. The van der Waals surface area contributed by atoms with Gasteiger partial charge in [-0.15, -0.1) is 0 Å². The van der Waals surface area contributed by atoms with Gasteiger partial charge in [-0.2, -0.15) is 5.26 Å². The van der Waals surface area contributed by atoms with Crippen LogP contribution in [-0.2, 0) is 17.6 Å². The predicted octanol–water partition coefficient (Wildman–Crippen LogP) is 6.27. The van der Waals surface area contributed by atoms with E-state index in [1.807, 2.05) is 25.1 Å². The topological polar surface area (TPSA) is 65.8 Å². The van der Waals surface area contributed by atoms with E-state index in [4.69, 9.17) is 16.6 Å². The van der Waals surface area contributed by atoms with Crippen molar-refractivity contribution in [2.75, 3.05) is 5.32 Å². The lowest BCUT2D eigenvalue weighted by Gasteiger charge is -2.34. The fourth-order valence-electron chi connectivity index (χ4n) is 3.79. The number of carbonyl (C=O) groups excluding carboxylic acids is 1. The molecule has 1 aliphatic carbocycles. The summed E-state index contributed by atoms with van der Waals surface area (Å²) in [6.45, 7) is 8.78. The fraction of sp³-hybridized carbons (Fsp3) is 0.458. The standard InChI is InChI=1S/C24H28ClN3OS/c1-5-21(22(29)27-20-9-7-6-8-18(20)25)30-23-16(14-26)12-15-13-17(24(2,3)4)10-11-19(15)28-23/h6-9,12,17,21H,5,10-11,13H2,1-4H3,(H,27,29). The molecule has 0 bridgehead atoms. The highest BCUT2D eigenvalue weighted by atomic mass is 35.5. The number of hydrogen-bond donors (Lipinski definition) is 1. The second kappa shape index (κ2) is 9.41. The molecule has 0 saturated carbocycles. The minimum atomic E-state index is -0.357. The van der Waals surface area contributed by atoms with E-state index in [1.165, 1.54) is 17.3 Å². The molecule has 1 aromatic carbocycles. The Morgan fingerprint density at radius 2 is 2.13 bits per heavy atom. The first-order valence-corrected chi connectivity index (χ1v) is 11.6. The van der Waals surface area contributed by atoms with Gasteiger partial charge in [0.2, 0.25) is 5.91 Å². The van der Waals surface area contributed by atoms with E-state index in [0.717, 1.165) is 25.0 Å². The first-order chi connectivity index (χ1) is 14.2. The third-order valence-corrected chi connectivity index (χ3v) is 7.44. The van der Waals surface area contributed by atoms with Crippen LogP contribution in [0.15, 0.2) is 35.4 Å².